The summed E-state index contributed by atoms with van der Waals surface area (Å²) in [6.07, 6.45) is 7.10. The maximum atomic E-state index is 6.24. The minimum atomic E-state index is 0.816. The van der Waals surface area contributed by atoms with Gasteiger partial charge < -0.3 is 4.74 Å². The fourth-order valence-electron chi connectivity index (χ4n) is 4.54. The van der Waals surface area contributed by atoms with Crippen LogP contribution in [-0.4, -0.2) is 0 Å². The van der Waals surface area contributed by atoms with Crippen LogP contribution in [-0.2, 0) is 6.42 Å². The van der Waals surface area contributed by atoms with Gasteiger partial charge in [-0.05, 0) is 59.0 Å². The highest BCUT2D eigenvalue weighted by Gasteiger charge is 2.16. The maximum Gasteiger partial charge on any atom is 0.134 e. The van der Waals surface area contributed by atoms with E-state index in [9.17, 15) is 0 Å². The first-order valence-corrected chi connectivity index (χ1v) is 11.4. The smallest absolute Gasteiger partial charge is 0.134 e. The molecule has 0 spiro atoms. The van der Waals surface area contributed by atoms with Gasteiger partial charge in [0.15, 0.2) is 0 Å². The molecule has 0 bridgehead atoms. The lowest BCUT2D eigenvalue weighted by atomic mass is 9.93. The van der Waals surface area contributed by atoms with Gasteiger partial charge in [0.2, 0.25) is 0 Å². The van der Waals surface area contributed by atoms with Gasteiger partial charge in [-0.1, -0.05) is 85.4 Å². The van der Waals surface area contributed by atoms with Crippen LogP contribution in [0, 0.1) is 0 Å². The zero-order valence-electron chi connectivity index (χ0n) is 18.7. The van der Waals surface area contributed by atoms with Crippen LogP contribution in [0.2, 0.25) is 0 Å². The van der Waals surface area contributed by atoms with Crippen molar-refractivity contribution < 1.29 is 4.74 Å². The van der Waals surface area contributed by atoms with Crippen LogP contribution in [0.25, 0.3) is 23.3 Å². The highest BCUT2D eigenvalue weighted by atomic mass is 16.5. The van der Waals surface area contributed by atoms with Crippen molar-refractivity contribution >= 4 is 23.3 Å². The molecule has 0 fully saturated rings. The number of rotatable bonds is 3. The number of hydrogen-bond acceptors (Lipinski definition) is 2. The van der Waals surface area contributed by atoms with Gasteiger partial charge in [0.1, 0.15) is 11.5 Å². The predicted molar refractivity (Wildman–Crippen MR) is 140 cm³/mol. The Kier molecular flexibility index (Phi) is 5.04. The van der Waals surface area contributed by atoms with Crippen LogP contribution >= 0.6 is 0 Å². The van der Waals surface area contributed by atoms with Gasteiger partial charge in [-0.2, -0.15) is 0 Å². The van der Waals surface area contributed by atoms with Crippen LogP contribution in [0.5, 0.6) is 11.5 Å². The van der Waals surface area contributed by atoms with Crippen LogP contribution < -0.4 is 15.3 Å². The molecule has 4 aromatic rings. The average molecular weight is 438 g/mol. The van der Waals surface area contributed by atoms with Gasteiger partial charge in [-0.3, -0.25) is 4.99 Å². The highest BCUT2D eigenvalue weighted by molar-refractivity contribution is 5.89. The van der Waals surface area contributed by atoms with Gasteiger partial charge >= 0.3 is 0 Å². The molecular weight excluding hydrogens is 414 g/mol. The molecule has 0 unspecified atom stereocenters. The third kappa shape index (κ3) is 3.80. The molecule has 0 aliphatic carbocycles. The minimum Gasteiger partial charge on any atom is -0.456 e. The van der Waals surface area contributed by atoms with Gasteiger partial charge in [-0.15, -0.1) is 0 Å². The molecule has 2 nitrogen and oxygen atoms in total. The van der Waals surface area contributed by atoms with Crippen LogP contribution in [0.4, 0.5) is 0 Å². The summed E-state index contributed by atoms with van der Waals surface area (Å²) in [5, 5.41) is 2.06. The van der Waals surface area contributed by atoms with Crippen LogP contribution in [0.3, 0.4) is 0 Å². The van der Waals surface area contributed by atoms with Crippen molar-refractivity contribution in [1.82, 2.24) is 0 Å². The number of fused-ring (bicyclic) bond motifs is 3. The summed E-state index contributed by atoms with van der Waals surface area (Å²) >= 11 is 0. The van der Waals surface area contributed by atoms with Gasteiger partial charge in [-0.25, -0.2) is 0 Å². The summed E-state index contributed by atoms with van der Waals surface area (Å²) in [4.78, 5) is 4.69. The number of para-hydroxylation sites is 3. The maximum absolute atomic E-state index is 6.24. The number of nitrogens with zero attached hydrogens (tertiary/aromatic N) is 1. The van der Waals surface area contributed by atoms with Gasteiger partial charge in [0.05, 0.1) is 5.36 Å². The lowest BCUT2D eigenvalue weighted by Gasteiger charge is -2.12. The molecule has 0 atom stereocenters. The van der Waals surface area contributed by atoms with Crippen LogP contribution in [0.1, 0.15) is 22.3 Å². The summed E-state index contributed by atoms with van der Waals surface area (Å²) in [7, 11) is 0. The quantitative estimate of drug-likeness (QED) is 0.354. The fourth-order valence-corrected chi connectivity index (χ4v) is 4.54. The second-order valence-electron chi connectivity index (χ2n) is 8.58. The Bertz CT molecular complexity index is 1600. The zero-order valence-corrected chi connectivity index (χ0v) is 18.7. The summed E-state index contributed by atoms with van der Waals surface area (Å²) in [6, 6.07) is 33.3. The van der Waals surface area contributed by atoms with E-state index >= 15 is 0 Å². The third-order valence-corrected chi connectivity index (χ3v) is 6.31. The molecule has 6 rings (SSSR count). The summed E-state index contributed by atoms with van der Waals surface area (Å²) < 4.78 is 6.24. The predicted octanol–water partition coefficient (Wildman–Crippen LogP) is 6.59. The molecule has 0 amide bonds. The number of ether oxygens (including phenoxy) is 1. The lowest BCUT2D eigenvalue weighted by molar-refractivity contribution is 0.481. The largest absolute Gasteiger partial charge is 0.456 e. The Labute approximate surface area is 199 Å². The first-order chi connectivity index (χ1) is 16.7. The minimum absolute atomic E-state index is 0.816. The second kappa shape index (κ2) is 8.49. The first kappa shape index (κ1) is 20.2. The van der Waals surface area contributed by atoms with Crippen molar-refractivity contribution in [1.29, 1.82) is 0 Å². The standard InChI is InChI=1S/C32H23NO/c1-22-18-25-8-2-5-11-30(25)33-21-29(22)24-16-14-23(15-17-24)19-27-20-26-9-3-6-12-31(26)34-32-13-7-4-10-28(27)32/h2-18,20-21H,1,19H2. The van der Waals surface area contributed by atoms with Crippen molar-refractivity contribution in [2.75, 3.05) is 0 Å². The molecule has 0 saturated heterocycles. The van der Waals surface area contributed by atoms with E-state index in [1.165, 1.54) is 11.1 Å². The number of allylic oxidation sites excluding steroid dienone is 3. The molecule has 2 aliphatic rings. The number of benzene rings is 4. The Morgan fingerprint density at radius 1 is 0.706 bits per heavy atom. The molecule has 0 N–H and O–H groups in total. The lowest BCUT2D eigenvalue weighted by Crippen LogP contribution is -2.22. The molecular formula is C32H23NO. The van der Waals surface area contributed by atoms with E-state index in [0.29, 0.717) is 0 Å². The molecule has 0 saturated carbocycles. The van der Waals surface area contributed by atoms with E-state index in [4.69, 9.17) is 9.73 Å². The van der Waals surface area contributed by atoms with E-state index in [-0.39, 0.29) is 0 Å². The monoisotopic (exact) mass is 437 g/mol. The van der Waals surface area contributed by atoms with Gasteiger partial charge in [0, 0.05) is 28.1 Å². The molecule has 4 aromatic carbocycles. The average Bonchev–Trinajstić information content (AvgIpc) is 3.13. The second-order valence-corrected chi connectivity index (χ2v) is 8.58. The molecule has 0 aromatic heterocycles. The Hall–Kier alpha value is -4.43. The summed E-state index contributed by atoms with van der Waals surface area (Å²) in [6.45, 7) is 4.30. The van der Waals surface area contributed by atoms with Gasteiger partial charge in [0.25, 0.3) is 0 Å². The van der Waals surface area contributed by atoms with Crippen LogP contribution in [0.15, 0.2) is 120 Å². The summed E-state index contributed by atoms with van der Waals surface area (Å²) in [5.74, 6) is 1.78. The van der Waals surface area contributed by atoms with E-state index < -0.39 is 0 Å². The van der Waals surface area contributed by atoms with Crippen molar-refractivity contribution in [3.8, 4) is 11.5 Å². The van der Waals surface area contributed by atoms with E-state index in [2.05, 4.69) is 73.3 Å². The molecule has 0 radical (unpaired) electrons. The van der Waals surface area contributed by atoms with Crippen molar-refractivity contribution in [3.63, 3.8) is 0 Å². The molecule has 2 heteroatoms. The molecule has 162 valence electrons. The fraction of sp³-hybridized carbons (Fsp3) is 0.0312. The Morgan fingerprint density at radius 3 is 2.32 bits per heavy atom. The van der Waals surface area contributed by atoms with Crippen molar-refractivity contribution in [2.45, 2.75) is 6.42 Å². The van der Waals surface area contributed by atoms with E-state index in [1.54, 1.807) is 0 Å². The Morgan fingerprint density at radius 2 is 1.44 bits per heavy atom. The van der Waals surface area contributed by atoms with E-state index in [1.807, 2.05) is 48.7 Å². The molecule has 2 aliphatic heterocycles. The molecule has 2 heterocycles. The first-order valence-electron chi connectivity index (χ1n) is 11.4. The summed E-state index contributed by atoms with van der Waals surface area (Å²) in [5.41, 5.74) is 7.85. The SMILES string of the molecule is C=C1C=c2ccccc2=NC=C1c1ccc(CC2=Cc3ccccc3Oc3ccccc32)cc1. The normalized spacial score (nSPS) is 13.9. The molecule has 34 heavy (non-hydrogen) atoms. The van der Waals surface area contributed by atoms with E-state index in [0.717, 1.165) is 56.3 Å². The topological polar surface area (TPSA) is 21.6 Å². The van der Waals surface area contributed by atoms with Crippen molar-refractivity contribution in [2.24, 2.45) is 4.99 Å². The number of hydrogen-bond donors (Lipinski definition) is 0. The zero-order chi connectivity index (χ0) is 22.9. The van der Waals surface area contributed by atoms with Crippen molar-refractivity contribution in [3.05, 3.63) is 148 Å². The third-order valence-electron chi connectivity index (χ3n) is 6.31. The highest BCUT2D eigenvalue weighted by Crippen LogP contribution is 2.39. The Balaban J connectivity index is 1.33.